The first-order valence-electron chi connectivity index (χ1n) is 2.21. The van der Waals surface area contributed by atoms with Gasteiger partial charge in [-0.1, -0.05) is 13.2 Å². The zero-order chi connectivity index (χ0) is 7.28. The molecular formula is C6H8KLiO3. The Morgan fingerprint density at radius 2 is 1.45 bits per heavy atom. The number of carbonyl (C=O) groups is 2. The zero-order valence-corrected chi connectivity index (χ0v) is 9.92. The Labute approximate surface area is 123 Å². The van der Waals surface area contributed by atoms with Crippen LogP contribution in [0.5, 0.6) is 0 Å². The minimum absolute atomic E-state index is 0. The maximum Gasteiger partial charge on any atom is 1.00 e. The summed E-state index contributed by atoms with van der Waals surface area (Å²) in [6, 6.07) is 0. The van der Waals surface area contributed by atoms with Crippen LogP contribution >= 0.6 is 0 Å². The fourth-order valence-electron chi connectivity index (χ4n) is 0.182. The Hall–Kier alpha value is 0.854. The fourth-order valence-corrected chi connectivity index (χ4v) is 0.182. The van der Waals surface area contributed by atoms with Crippen LogP contribution in [-0.2, 0) is 14.3 Å². The van der Waals surface area contributed by atoms with Crippen molar-refractivity contribution in [1.82, 2.24) is 0 Å². The largest absolute Gasteiger partial charge is 1.00 e. The molecule has 0 rings (SSSR count). The van der Waals surface area contributed by atoms with Gasteiger partial charge in [0.05, 0.1) is 0 Å². The Balaban J connectivity index is -0.0000000533. The molecule has 0 heterocycles. The first-order valence-corrected chi connectivity index (χ1v) is 2.21. The van der Waals surface area contributed by atoms with E-state index in [0.29, 0.717) is 0 Å². The van der Waals surface area contributed by atoms with Crippen molar-refractivity contribution in [1.29, 1.82) is 0 Å². The van der Waals surface area contributed by atoms with Crippen LogP contribution in [0.15, 0.2) is 25.3 Å². The van der Waals surface area contributed by atoms with Crippen LogP contribution in [0.2, 0.25) is 0 Å². The smallest absolute Gasteiger partial charge is 1.00 e. The number of carbonyl (C=O) groups excluding carboxylic acids is 2. The van der Waals surface area contributed by atoms with E-state index >= 15 is 0 Å². The molecule has 11 heavy (non-hydrogen) atoms. The van der Waals surface area contributed by atoms with E-state index in [0.717, 1.165) is 12.2 Å². The summed E-state index contributed by atoms with van der Waals surface area (Å²) in [6.45, 7) is 6.17. The van der Waals surface area contributed by atoms with E-state index < -0.39 is 11.9 Å². The molecule has 0 aliphatic heterocycles. The van der Waals surface area contributed by atoms with Crippen LogP contribution in [0.25, 0.3) is 0 Å². The first-order chi connectivity index (χ1) is 4.20. The van der Waals surface area contributed by atoms with Crippen molar-refractivity contribution < 1.29 is 87.4 Å². The van der Waals surface area contributed by atoms with Crippen molar-refractivity contribution in [3.05, 3.63) is 25.3 Å². The van der Waals surface area contributed by atoms with Crippen LogP contribution in [0.3, 0.4) is 0 Å². The Morgan fingerprint density at radius 1 is 1.18 bits per heavy atom. The minimum atomic E-state index is -0.764. The molecule has 0 amide bonds. The Morgan fingerprint density at radius 3 is 1.64 bits per heavy atom. The topological polar surface area (TPSA) is 43.4 Å². The zero-order valence-electron chi connectivity index (χ0n) is 8.79. The standard InChI is InChI=1S/C6H6O3.K.Li.2H/c1-3-5(7)9-6(8)4-2;;;;/h3-4H,1-2H2;;;;/q;2*+1;2*-1. The molecule has 0 saturated carbocycles. The molecule has 0 aliphatic rings. The normalized spacial score (nSPS) is 6.18. The molecule has 52 valence electrons. The SMILES string of the molecule is C=CC(=O)OC(=O)C=C.[H-].[H-].[K+].[Li+]. The molecule has 0 aliphatic carbocycles. The number of esters is 2. The molecule has 0 saturated heterocycles. The van der Waals surface area contributed by atoms with Crippen LogP contribution in [0, 0.1) is 0 Å². The van der Waals surface area contributed by atoms with Gasteiger partial charge in [0.2, 0.25) is 0 Å². The van der Waals surface area contributed by atoms with Crippen molar-refractivity contribution in [3.63, 3.8) is 0 Å². The molecular weight excluding hydrogens is 166 g/mol. The van der Waals surface area contributed by atoms with Gasteiger partial charge in [-0.25, -0.2) is 9.59 Å². The molecule has 0 fully saturated rings. The quantitative estimate of drug-likeness (QED) is 0.182. The van der Waals surface area contributed by atoms with E-state index in [4.69, 9.17) is 0 Å². The number of rotatable bonds is 2. The maximum absolute atomic E-state index is 10.2. The summed E-state index contributed by atoms with van der Waals surface area (Å²) in [5.74, 6) is -1.53. The summed E-state index contributed by atoms with van der Waals surface area (Å²) in [5, 5.41) is 0. The number of ether oxygens (including phenoxy) is 1. The van der Waals surface area contributed by atoms with E-state index in [1.54, 1.807) is 0 Å². The van der Waals surface area contributed by atoms with Gasteiger partial charge in [-0.15, -0.1) is 0 Å². The van der Waals surface area contributed by atoms with Crippen LogP contribution < -0.4 is 70.2 Å². The van der Waals surface area contributed by atoms with Gasteiger partial charge in [0, 0.05) is 12.2 Å². The molecule has 0 unspecified atom stereocenters. The third-order valence-corrected chi connectivity index (χ3v) is 0.535. The van der Waals surface area contributed by atoms with Gasteiger partial charge in [-0.2, -0.15) is 0 Å². The van der Waals surface area contributed by atoms with Gasteiger partial charge in [-0.3, -0.25) is 0 Å². The van der Waals surface area contributed by atoms with E-state index in [2.05, 4.69) is 17.9 Å². The van der Waals surface area contributed by atoms with Crippen molar-refractivity contribution in [2.45, 2.75) is 0 Å². The van der Waals surface area contributed by atoms with Crippen LogP contribution in [0.4, 0.5) is 0 Å². The summed E-state index contributed by atoms with van der Waals surface area (Å²) in [4.78, 5) is 20.3. The molecule has 0 spiro atoms. The average molecular weight is 174 g/mol. The van der Waals surface area contributed by atoms with E-state index in [1.165, 1.54) is 0 Å². The molecule has 0 aromatic heterocycles. The van der Waals surface area contributed by atoms with Crippen molar-refractivity contribution in [2.75, 3.05) is 0 Å². The molecule has 0 N–H and O–H groups in total. The van der Waals surface area contributed by atoms with E-state index in [-0.39, 0.29) is 73.1 Å². The molecule has 0 atom stereocenters. The second kappa shape index (κ2) is 10.9. The van der Waals surface area contributed by atoms with E-state index in [9.17, 15) is 9.59 Å². The van der Waals surface area contributed by atoms with Gasteiger partial charge in [0.25, 0.3) is 0 Å². The van der Waals surface area contributed by atoms with Gasteiger partial charge >= 0.3 is 82.2 Å². The molecule has 5 heteroatoms. The van der Waals surface area contributed by atoms with Crippen LogP contribution in [-0.4, -0.2) is 11.9 Å². The predicted molar refractivity (Wildman–Crippen MR) is 33.7 cm³/mol. The first kappa shape index (κ1) is 17.8. The maximum atomic E-state index is 10.2. The monoisotopic (exact) mass is 174 g/mol. The van der Waals surface area contributed by atoms with Gasteiger partial charge in [-0.05, 0) is 0 Å². The van der Waals surface area contributed by atoms with Gasteiger partial charge in [0.15, 0.2) is 0 Å². The minimum Gasteiger partial charge on any atom is -1.00 e. The third kappa shape index (κ3) is 10.9. The fraction of sp³-hybridized carbons (Fsp3) is 0. The summed E-state index contributed by atoms with van der Waals surface area (Å²) >= 11 is 0. The summed E-state index contributed by atoms with van der Waals surface area (Å²) in [7, 11) is 0. The summed E-state index contributed by atoms with van der Waals surface area (Å²) in [6.07, 6.45) is 1.81. The van der Waals surface area contributed by atoms with E-state index in [1.807, 2.05) is 0 Å². The van der Waals surface area contributed by atoms with Crippen molar-refractivity contribution in [2.24, 2.45) is 0 Å². The molecule has 0 bridgehead atoms. The number of hydrogen-bond donors (Lipinski definition) is 0. The predicted octanol–water partition coefficient (Wildman–Crippen LogP) is -5.34. The van der Waals surface area contributed by atoms with Gasteiger partial charge < -0.3 is 7.59 Å². The number of hydrogen-bond acceptors (Lipinski definition) is 3. The summed E-state index contributed by atoms with van der Waals surface area (Å²) in [5.41, 5.74) is 0. The molecule has 3 nitrogen and oxygen atoms in total. The third-order valence-electron chi connectivity index (χ3n) is 0.535. The molecule has 0 aromatic rings. The van der Waals surface area contributed by atoms with Gasteiger partial charge in [0.1, 0.15) is 0 Å². The second-order valence-electron chi connectivity index (χ2n) is 1.15. The Kier molecular flexibility index (Phi) is 17.6. The van der Waals surface area contributed by atoms with Crippen molar-refractivity contribution >= 4 is 11.9 Å². The summed E-state index contributed by atoms with van der Waals surface area (Å²) < 4.78 is 4.03. The Bertz CT molecular complexity index is 157. The second-order valence-corrected chi connectivity index (χ2v) is 1.15. The van der Waals surface area contributed by atoms with Crippen LogP contribution in [0.1, 0.15) is 2.85 Å². The van der Waals surface area contributed by atoms with Crippen molar-refractivity contribution in [3.8, 4) is 0 Å². The average Bonchev–Trinajstić information content (AvgIpc) is 1.87. The molecule has 0 radical (unpaired) electrons. The molecule has 0 aromatic carbocycles.